The lowest BCUT2D eigenvalue weighted by atomic mass is 9.82. The highest BCUT2D eigenvalue weighted by Gasteiger charge is 2.55. The number of benzene rings is 4. The van der Waals surface area contributed by atoms with Gasteiger partial charge in [-0.3, -0.25) is 19.2 Å². The van der Waals surface area contributed by atoms with E-state index in [-0.39, 0.29) is 28.9 Å². The molecule has 39 heavy (non-hydrogen) atoms. The molecule has 7 heteroatoms. The van der Waals surface area contributed by atoms with Crippen molar-refractivity contribution in [3.63, 3.8) is 0 Å². The number of furan rings is 1. The summed E-state index contributed by atoms with van der Waals surface area (Å²) in [5, 5.41) is 1.46. The molecular weight excluding hydrogens is 494 g/mol. The molecule has 2 amide bonds. The first-order valence-corrected chi connectivity index (χ1v) is 12.5. The van der Waals surface area contributed by atoms with Gasteiger partial charge in [0, 0.05) is 22.1 Å². The van der Waals surface area contributed by atoms with Gasteiger partial charge in [0.2, 0.25) is 11.8 Å². The normalized spacial score (nSPS) is 18.9. The monoisotopic (exact) mass is 511 g/mol. The van der Waals surface area contributed by atoms with Crippen molar-refractivity contribution in [1.29, 1.82) is 0 Å². The Kier molecular flexibility index (Phi) is 4.25. The molecule has 7 nitrogen and oxygen atoms in total. The van der Waals surface area contributed by atoms with Gasteiger partial charge in [-0.2, -0.15) is 0 Å². The molecule has 3 aliphatic rings. The van der Waals surface area contributed by atoms with Gasteiger partial charge in [-0.15, -0.1) is 0 Å². The third-order valence-electron chi connectivity index (χ3n) is 7.77. The highest BCUT2D eigenvalue weighted by atomic mass is 16.5. The smallest absolute Gasteiger partial charge is 0.245 e. The first kappa shape index (κ1) is 21.8. The molecule has 1 aromatic heterocycles. The Balaban J connectivity index is 1.19. The zero-order valence-electron chi connectivity index (χ0n) is 20.2. The van der Waals surface area contributed by atoms with Crippen LogP contribution in [0, 0.1) is 0 Å². The Morgan fingerprint density at radius 3 is 1.95 bits per heavy atom. The summed E-state index contributed by atoms with van der Waals surface area (Å²) in [6, 6.07) is 26.0. The van der Waals surface area contributed by atoms with Crippen LogP contribution in [0.2, 0.25) is 0 Å². The second-order valence-electron chi connectivity index (χ2n) is 9.86. The lowest BCUT2D eigenvalue weighted by Gasteiger charge is -2.22. The van der Waals surface area contributed by atoms with E-state index in [9.17, 15) is 19.2 Å². The molecule has 2 atom stereocenters. The summed E-state index contributed by atoms with van der Waals surface area (Å²) in [6.45, 7) is 0. The molecule has 0 radical (unpaired) electrons. The minimum atomic E-state index is -0.609. The molecular formula is C32H17NO6. The lowest BCUT2D eigenvalue weighted by Crippen LogP contribution is -2.30. The molecule has 8 rings (SSSR count). The predicted molar refractivity (Wildman–Crippen MR) is 140 cm³/mol. The molecule has 0 N–H and O–H groups in total. The maximum atomic E-state index is 13.6. The fourth-order valence-corrected chi connectivity index (χ4v) is 5.97. The van der Waals surface area contributed by atoms with Gasteiger partial charge in [0.05, 0.1) is 11.3 Å². The van der Waals surface area contributed by atoms with E-state index in [1.807, 2.05) is 24.3 Å². The number of imide groups is 1. The summed E-state index contributed by atoms with van der Waals surface area (Å²) in [6.07, 6.45) is 0. The lowest BCUT2D eigenvalue weighted by molar-refractivity contribution is -0.122. The van der Waals surface area contributed by atoms with Crippen LogP contribution in [-0.2, 0) is 9.59 Å². The minimum Gasteiger partial charge on any atom is -0.464 e. The van der Waals surface area contributed by atoms with E-state index < -0.39 is 11.8 Å². The molecule has 0 saturated carbocycles. The molecule has 3 heterocycles. The third-order valence-corrected chi connectivity index (χ3v) is 7.77. The maximum absolute atomic E-state index is 13.6. The summed E-state index contributed by atoms with van der Waals surface area (Å²) < 4.78 is 11.9. The predicted octanol–water partition coefficient (Wildman–Crippen LogP) is 5.75. The van der Waals surface area contributed by atoms with Crippen LogP contribution >= 0.6 is 0 Å². The number of carbonyl (C=O) groups excluding carboxylic acids is 4. The van der Waals surface area contributed by atoms with E-state index in [2.05, 4.69) is 0 Å². The average molecular weight is 511 g/mol. The number of ether oxygens (including phenoxy) is 1. The fraction of sp³-hybridized carbons (Fsp3) is 0.0625. The quantitative estimate of drug-likeness (QED) is 0.281. The Labute approximate surface area is 221 Å². The van der Waals surface area contributed by atoms with Gasteiger partial charge in [0.1, 0.15) is 34.9 Å². The summed E-state index contributed by atoms with van der Waals surface area (Å²) >= 11 is 0. The number of amides is 2. The summed E-state index contributed by atoms with van der Waals surface area (Å²) in [7, 11) is 0. The molecule has 4 aromatic carbocycles. The van der Waals surface area contributed by atoms with E-state index in [0.717, 1.165) is 5.39 Å². The standard InChI is InChI=1S/C32H17NO6/c34-28-20-7-3-4-8-21(20)29(35)25-22(28)15-16-5-1-2-6-19(16)30(25)38-18-11-9-17(10-12-18)33-31(36)26-23-13-14-24(39-23)27(26)32(33)37/h1-15,26-27H/t26-,27+. The van der Waals surface area contributed by atoms with Gasteiger partial charge in [-0.05, 0) is 47.9 Å². The van der Waals surface area contributed by atoms with Crippen molar-refractivity contribution in [2.45, 2.75) is 11.8 Å². The van der Waals surface area contributed by atoms with Crippen molar-refractivity contribution >= 4 is 39.8 Å². The number of hydrogen-bond donors (Lipinski definition) is 0. The van der Waals surface area contributed by atoms with Crippen LogP contribution in [0.15, 0.2) is 95.4 Å². The molecule has 186 valence electrons. The second-order valence-corrected chi connectivity index (χ2v) is 9.86. The van der Waals surface area contributed by atoms with Gasteiger partial charge in [-0.25, -0.2) is 4.90 Å². The third kappa shape index (κ3) is 2.87. The Hall–Kier alpha value is -5.30. The fourth-order valence-electron chi connectivity index (χ4n) is 5.97. The number of fused-ring (bicyclic) bond motifs is 8. The number of rotatable bonds is 3. The van der Waals surface area contributed by atoms with E-state index in [4.69, 9.17) is 9.15 Å². The van der Waals surface area contributed by atoms with Crippen LogP contribution in [0.3, 0.4) is 0 Å². The van der Waals surface area contributed by atoms with Crippen molar-refractivity contribution < 1.29 is 28.3 Å². The van der Waals surface area contributed by atoms with E-state index in [1.165, 1.54) is 4.90 Å². The van der Waals surface area contributed by atoms with Gasteiger partial charge < -0.3 is 9.15 Å². The van der Waals surface area contributed by atoms with Crippen molar-refractivity contribution in [1.82, 2.24) is 0 Å². The van der Waals surface area contributed by atoms with E-state index in [1.54, 1.807) is 66.7 Å². The molecule has 1 saturated heterocycles. The van der Waals surface area contributed by atoms with Crippen LogP contribution in [-0.4, -0.2) is 23.4 Å². The Morgan fingerprint density at radius 2 is 1.26 bits per heavy atom. The number of carbonyl (C=O) groups is 4. The molecule has 5 aromatic rings. The Morgan fingerprint density at radius 1 is 0.641 bits per heavy atom. The van der Waals surface area contributed by atoms with E-state index >= 15 is 0 Å². The SMILES string of the molecule is O=C1c2ccccc2C(=O)c2c1cc1ccccc1c2Oc1ccc(N2C(=O)[C@@H]3c4ccc(o4)[C@@H]3C2=O)cc1. The number of nitrogens with zero attached hydrogens (tertiary/aromatic N) is 1. The largest absolute Gasteiger partial charge is 0.464 e. The van der Waals surface area contributed by atoms with E-state index in [0.29, 0.717) is 50.8 Å². The maximum Gasteiger partial charge on any atom is 0.245 e. The summed E-state index contributed by atoms with van der Waals surface area (Å²) in [4.78, 5) is 54.4. The average Bonchev–Trinajstić information content (AvgIpc) is 3.65. The minimum absolute atomic E-state index is 0.219. The number of ketones is 2. The van der Waals surface area contributed by atoms with Gasteiger partial charge in [0.25, 0.3) is 0 Å². The molecule has 0 spiro atoms. The highest BCUT2D eigenvalue weighted by Crippen LogP contribution is 2.50. The van der Waals surface area contributed by atoms with Crippen molar-refractivity contribution in [3.05, 3.63) is 125 Å². The van der Waals surface area contributed by atoms with Crippen LogP contribution in [0.5, 0.6) is 11.5 Å². The molecule has 1 fully saturated rings. The van der Waals surface area contributed by atoms with Crippen molar-refractivity contribution in [2.24, 2.45) is 0 Å². The van der Waals surface area contributed by atoms with Crippen molar-refractivity contribution in [2.75, 3.05) is 4.90 Å². The number of hydrogen-bond acceptors (Lipinski definition) is 6. The zero-order valence-corrected chi connectivity index (χ0v) is 20.2. The van der Waals surface area contributed by atoms with Gasteiger partial charge in [0.15, 0.2) is 11.6 Å². The summed E-state index contributed by atoms with van der Waals surface area (Å²) in [5.74, 6) is -0.663. The topological polar surface area (TPSA) is 93.9 Å². The van der Waals surface area contributed by atoms with Gasteiger partial charge >= 0.3 is 0 Å². The zero-order chi connectivity index (χ0) is 26.4. The molecule has 2 bridgehead atoms. The molecule has 0 unspecified atom stereocenters. The first-order valence-electron chi connectivity index (χ1n) is 12.5. The molecule has 2 aliphatic heterocycles. The first-order chi connectivity index (χ1) is 19.0. The number of anilines is 1. The van der Waals surface area contributed by atoms with Crippen LogP contribution < -0.4 is 9.64 Å². The second kappa shape index (κ2) is 7.61. The summed E-state index contributed by atoms with van der Waals surface area (Å²) in [5.41, 5.74) is 1.65. The highest BCUT2D eigenvalue weighted by molar-refractivity contribution is 6.31. The van der Waals surface area contributed by atoms with Crippen LogP contribution in [0.4, 0.5) is 5.69 Å². The van der Waals surface area contributed by atoms with Crippen molar-refractivity contribution in [3.8, 4) is 11.5 Å². The molecule has 1 aliphatic carbocycles. The van der Waals surface area contributed by atoms with Crippen LogP contribution in [0.25, 0.3) is 10.8 Å². The van der Waals surface area contributed by atoms with Crippen LogP contribution in [0.1, 0.15) is 55.2 Å². The van der Waals surface area contributed by atoms with Gasteiger partial charge in [-0.1, -0.05) is 48.5 Å². The Bertz CT molecular complexity index is 1900.